The summed E-state index contributed by atoms with van der Waals surface area (Å²) in [6, 6.07) is 70.4. The molecule has 0 radical (unpaired) electrons. The first-order valence-corrected chi connectivity index (χ1v) is 23.3. The van der Waals surface area contributed by atoms with E-state index in [1.165, 1.54) is 98.8 Å². The third-order valence-electron chi connectivity index (χ3n) is 14.9. The average molecular weight is 845 g/mol. The van der Waals surface area contributed by atoms with Crippen LogP contribution in [0.15, 0.2) is 236 Å². The lowest BCUT2D eigenvalue weighted by Gasteiger charge is -2.37. The van der Waals surface area contributed by atoms with E-state index in [0.717, 1.165) is 23.5 Å². The Kier molecular flexibility index (Phi) is 8.48. The molecule has 2 heteroatoms. The molecule has 0 saturated heterocycles. The molecule has 13 rings (SSSR count). The number of nitrogens with zero attached hydrogens (tertiary/aromatic N) is 2. The Balaban J connectivity index is 1.19. The predicted octanol–water partition coefficient (Wildman–Crippen LogP) is 17.7. The molecule has 0 fully saturated rings. The predicted molar refractivity (Wildman–Crippen MR) is 282 cm³/mol. The molecular weight excluding hydrogens is 797 g/mol. The Morgan fingerprint density at radius 3 is 1.52 bits per heavy atom. The molecule has 0 bridgehead atoms. The number of hydrogen-bond donors (Lipinski definition) is 0. The van der Waals surface area contributed by atoms with Crippen molar-refractivity contribution in [2.75, 3.05) is 9.80 Å². The standard InChI is InChI=1S/C64H48N2/c1-63(2)59-26-13-12-23-53(59)56-40-57-58(41-60(56)63)62(65(49-30-27-42-16-4-7-19-45(42)36-49)50-31-28-43-17-5-8-20-46(43)37-50)55-25-11-10-24-54(55)61(57)66(51-32-29-44-18-6-9-21-47(44)38-51)52-33-35-64(3)34-15-14-22-48(64)39-52/h4-34,36-41H,35H2,1-3H3. The second kappa shape index (κ2) is 14.5. The van der Waals surface area contributed by atoms with Crippen LogP contribution in [-0.4, -0.2) is 0 Å². The molecule has 1 atom stereocenters. The maximum absolute atomic E-state index is 2.58. The van der Waals surface area contributed by atoms with Gasteiger partial charge in [0.25, 0.3) is 0 Å². The van der Waals surface area contributed by atoms with Gasteiger partial charge in [-0.2, -0.15) is 0 Å². The summed E-state index contributed by atoms with van der Waals surface area (Å²) in [6.45, 7) is 7.17. The van der Waals surface area contributed by atoms with Gasteiger partial charge in [-0.25, -0.2) is 0 Å². The monoisotopic (exact) mass is 844 g/mol. The highest BCUT2D eigenvalue weighted by atomic mass is 15.2. The van der Waals surface area contributed by atoms with E-state index in [4.69, 9.17) is 0 Å². The minimum absolute atomic E-state index is 0.0579. The number of allylic oxidation sites excluding steroid dienone is 7. The number of hydrogen-bond acceptors (Lipinski definition) is 2. The number of benzene rings is 10. The van der Waals surface area contributed by atoms with Crippen molar-refractivity contribution < 1.29 is 0 Å². The SMILES string of the molecule is CC12C=CC=CC1=CC(N(c1ccc3ccccc3c1)c1c3ccccc3c(N(c3ccc4ccccc4c3)c3ccc4ccccc4c3)c3cc4c(cc13)-c1ccccc1C4(C)C)=CC2. The van der Waals surface area contributed by atoms with Crippen LogP contribution < -0.4 is 9.80 Å². The van der Waals surface area contributed by atoms with Crippen LogP contribution in [0.5, 0.6) is 0 Å². The average Bonchev–Trinajstić information content (AvgIpc) is 3.58. The van der Waals surface area contributed by atoms with E-state index in [1.54, 1.807) is 0 Å². The highest BCUT2D eigenvalue weighted by Crippen LogP contribution is 2.57. The normalized spacial score (nSPS) is 16.9. The summed E-state index contributed by atoms with van der Waals surface area (Å²) in [4.78, 5) is 5.12. The maximum atomic E-state index is 2.58. The molecule has 3 aliphatic carbocycles. The van der Waals surface area contributed by atoms with E-state index in [9.17, 15) is 0 Å². The van der Waals surface area contributed by atoms with Crippen LogP contribution in [-0.2, 0) is 5.41 Å². The molecule has 3 aliphatic rings. The second-order valence-electron chi connectivity index (χ2n) is 19.2. The number of anilines is 5. The van der Waals surface area contributed by atoms with Crippen molar-refractivity contribution in [2.45, 2.75) is 32.6 Å². The lowest BCUT2D eigenvalue weighted by atomic mass is 9.73. The van der Waals surface area contributed by atoms with Gasteiger partial charge in [0.2, 0.25) is 0 Å². The molecule has 10 aromatic carbocycles. The van der Waals surface area contributed by atoms with Gasteiger partial charge in [-0.1, -0.05) is 191 Å². The van der Waals surface area contributed by atoms with Gasteiger partial charge in [0.1, 0.15) is 0 Å². The maximum Gasteiger partial charge on any atom is 0.0620 e. The lowest BCUT2D eigenvalue weighted by Crippen LogP contribution is -2.25. The van der Waals surface area contributed by atoms with Crippen molar-refractivity contribution in [3.8, 4) is 11.1 Å². The van der Waals surface area contributed by atoms with Gasteiger partial charge in [0.05, 0.1) is 11.4 Å². The van der Waals surface area contributed by atoms with Crippen LogP contribution >= 0.6 is 0 Å². The molecular formula is C64H48N2. The van der Waals surface area contributed by atoms with E-state index in [-0.39, 0.29) is 10.8 Å². The van der Waals surface area contributed by atoms with Crippen LogP contribution in [0.25, 0.3) is 65.0 Å². The number of rotatable bonds is 6. The van der Waals surface area contributed by atoms with Gasteiger partial charge in [-0.05, 0) is 121 Å². The summed E-state index contributed by atoms with van der Waals surface area (Å²) < 4.78 is 0. The molecule has 0 aromatic heterocycles. The van der Waals surface area contributed by atoms with Crippen LogP contribution in [0.4, 0.5) is 28.4 Å². The smallest absolute Gasteiger partial charge is 0.0620 e. The van der Waals surface area contributed by atoms with Gasteiger partial charge in [-0.15, -0.1) is 0 Å². The molecule has 0 saturated carbocycles. The molecule has 1 unspecified atom stereocenters. The van der Waals surface area contributed by atoms with E-state index in [2.05, 4.69) is 255 Å². The van der Waals surface area contributed by atoms with Crippen molar-refractivity contribution >= 4 is 82.3 Å². The second-order valence-corrected chi connectivity index (χ2v) is 19.2. The minimum Gasteiger partial charge on any atom is -0.310 e. The Morgan fingerprint density at radius 1 is 0.409 bits per heavy atom. The van der Waals surface area contributed by atoms with Crippen LogP contribution in [0.1, 0.15) is 38.3 Å². The van der Waals surface area contributed by atoms with Crippen molar-refractivity contribution in [3.05, 3.63) is 247 Å². The summed E-state index contributed by atoms with van der Waals surface area (Å²) in [5.41, 5.74) is 13.3. The molecule has 0 heterocycles. The van der Waals surface area contributed by atoms with E-state index in [0.29, 0.717) is 0 Å². The van der Waals surface area contributed by atoms with E-state index >= 15 is 0 Å². The molecule has 0 aliphatic heterocycles. The fourth-order valence-corrected chi connectivity index (χ4v) is 11.4. The first kappa shape index (κ1) is 38.5. The summed E-state index contributed by atoms with van der Waals surface area (Å²) in [7, 11) is 0. The minimum atomic E-state index is -0.209. The highest BCUT2D eigenvalue weighted by Gasteiger charge is 2.38. The van der Waals surface area contributed by atoms with Gasteiger partial charge >= 0.3 is 0 Å². The fourth-order valence-electron chi connectivity index (χ4n) is 11.4. The topological polar surface area (TPSA) is 6.48 Å². The zero-order valence-corrected chi connectivity index (χ0v) is 37.5. The number of fused-ring (bicyclic) bond motifs is 9. The third kappa shape index (κ3) is 5.88. The zero-order chi connectivity index (χ0) is 44.1. The summed E-state index contributed by atoms with van der Waals surface area (Å²) in [5, 5.41) is 12.1. The molecule has 314 valence electrons. The Labute approximate surface area is 386 Å². The summed E-state index contributed by atoms with van der Waals surface area (Å²) >= 11 is 0. The molecule has 0 amide bonds. The highest BCUT2D eigenvalue weighted by molar-refractivity contribution is 6.24. The molecule has 0 spiro atoms. The Morgan fingerprint density at radius 2 is 0.909 bits per heavy atom. The van der Waals surface area contributed by atoms with Crippen LogP contribution in [0.2, 0.25) is 0 Å². The Bertz CT molecular complexity index is 3720. The first-order valence-electron chi connectivity index (χ1n) is 23.3. The van der Waals surface area contributed by atoms with Crippen LogP contribution in [0.3, 0.4) is 0 Å². The largest absolute Gasteiger partial charge is 0.310 e. The lowest BCUT2D eigenvalue weighted by molar-refractivity contribution is 0.523. The van der Waals surface area contributed by atoms with Crippen molar-refractivity contribution in [1.82, 2.24) is 0 Å². The Hall–Kier alpha value is -7.94. The summed E-state index contributed by atoms with van der Waals surface area (Å²) in [6.07, 6.45) is 14.9. The van der Waals surface area contributed by atoms with Crippen LogP contribution in [0, 0.1) is 5.41 Å². The van der Waals surface area contributed by atoms with Gasteiger partial charge in [0, 0.05) is 55.1 Å². The van der Waals surface area contributed by atoms with Gasteiger partial charge < -0.3 is 9.80 Å². The molecule has 66 heavy (non-hydrogen) atoms. The van der Waals surface area contributed by atoms with Gasteiger partial charge in [-0.3, -0.25) is 0 Å². The van der Waals surface area contributed by atoms with E-state index in [1.807, 2.05) is 0 Å². The van der Waals surface area contributed by atoms with Crippen molar-refractivity contribution in [2.24, 2.45) is 5.41 Å². The fraction of sp³-hybridized carbons (Fsp3) is 0.0938. The van der Waals surface area contributed by atoms with Gasteiger partial charge in [0.15, 0.2) is 0 Å². The first-order chi connectivity index (χ1) is 32.3. The van der Waals surface area contributed by atoms with Crippen molar-refractivity contribution in [1.29, 1.82) is 0 Å². The third-order valence-corrected chi connectivity index (χ3v) is 14.9. The van der Waals surface area contributed by atoms with Crippen molar-refractivity contribution in [3.63, 3.8) is 0 Å². The zero-order valence-electron chi connectivity index (χ0n) is 37.5. The summed E-state index contributed by atoms with van der Waals surface area (Å²) in [5.74, 6) is 0. The molecule has 2 nitrogen and oxygen atoms in total. The quantitative estimate of drug-likeness (QED) is 0.122. The molecule has 10 aromatic rings. The van der Waals surface area contributed by atoms with E-state index < -0.39 is 0 Å². The molecule has 0 N–H and O–H groups in total.